The number of halogens is 6. The minimum Gasteiger partial charge on any atom is -0.317 e. The number of aryl methyl sites for hydroxylation is 1. The van der Waals surface area contributed by atoms with Crippen molar-refractivity contribution in [2.24, 2.45) is 0 Å². The Kier molecular flexibility index (Phi) is 26.5. The fourth-order valence-electron chi connectivity index (χ4n) is 18.1. The van der Waals surface area contributed by atoms with Gasteiger partial charge in [-0.2, -0.15) is 36.0 Å². The van der Waals surface area contributed by atoms with Crippen LogP contribution < -0.4 is 26.6 Å². The van der Waals surface area contributed by atoms with Gasteiger partial charge in [-0.3, -0.25) is 25.5 Å². The Labute approximate surface area is 744 Å². The second kappa shape index (κ2) is 38.1. The minimum absolute atomic E-state index is 0.00975. The highest BCUT2D eigenvalue weighted by molar-refractivity contribution is 9.10. The van der Waals surface area contributed by atoms with E-state index in [0.29, 0.717) is 78.9 Å². The number of carbonyl (C=O) groups excluding carboxylic acids is 5. The zero-order valence-electron chi connectivity index (χ0n) is 71.2. The number of amides is 10. The molecule has 0 spiro atoms. The van der Waals surface area contributed by atoms with Crippen molar-refractivity contribution in [2.45, 2.75) is 262 Å². The van der Waals surface area contributed by atoms with Gasteiger partial charge < -0.3 is 51.1 Å². The van der Waals surface area contributed by atoms with Gasteiger partial charge in [0.05, 0.1) is 93.9 Å². The molecular formula is C92H103Br2F4N23O5. The number of nitriles is 2. The molecule has 10 amide bonds. The summed E-state index contributed by atoms with van der Waals surface area (Å²) in [6.45, 7) is 14.7. The molecule has 34 heteroatoms. The maximum Gasteiger partial charge on any atom is 0.322 e. The Balaban J connectivity index is 0.000000116. The SMILES string of the molecule is CC1Cc2[nH]nc(C3CCC3)c2CN1C(=O)Nc1ccc(F)c(C#N)c1.CC1Cc2[nH]nc(C3CCC3)c2CN1C(=O)Nc1cccc(Br)c1F.CC1Cc2[nH]nc(C3CCC3)c2CN1C(=O)Nc1cccc(C#N)c1F.CC1Cc2[nH]nc(C3CCC3)c2CN1C(=O)Nc1ccnc(Br)c1F.Cc1cccc(NC(=O)N2Cc3c(C4CCC4)n[nH]c3CC2C)c1. The summed E-state index contributed by atoms with van der Waals surface area (Å²) in [5, 5.41) is 70.0. The molecular weight excluding hydrogens is 1740 g/mol. The second-order valence-electron chi connectivity index (χ2n) is 35.0. The summed E-state index contributed by atoms with van der Waals surface area (Å²) in [5.41, 5.74) is 19.6. The van der Waals surface area contributed by atoms with Crippen molar-refractivity contribution in [1.82, 2.24) is 80.5 Å². The van der Waals surface area contributed by atoms with Gasteiger partial charge in [0.2, 0.25) is 0 Å². The lowest BCUT2D eigenvalue weighted by Crippen LogP contribution is -2.45. The molecule has 28 nitrogen and oxygen atoms in total. The van der Waals surface area contributed by atoms with Crippen LogP contribution in [0.1, 0.15) is 262 Å². The molecule has 4 aromatic carbocycles. The lowest BCUT2D eigenvalue weighted by molar-refractivity contribution is 0.180. The van der Waals surface area contributed by atoms with E-state index in [0.717, 1.165) is 143 Å². The molecule has 0 saturated heterocycles. The van der Waals surface area contributed by atoms with Gasteiger partial charge in [0.15, 0.2) is 17.5 Å². The normalized spacial score (nSPS) is 19.9. The molecule has 10 N–H and O–H groups in total. The lowest BCUT2D eigenvalue weighted by atomic mass is 9.80. The minimum atomic E-state index is -0.702. The summed E-state index contributed by atoms with van der Waals surface area (Å²) < 4.78 is 56.3. The number of aromatic amines is 5. The third-order valence-electron chi connectivity index (χ3n) is 26.7. The number of carbonyl (C=O) groups is 5. The number of pyridine rings is 1. The Morgan fingerprint density at radius 1 is 0.389 bits per heavy atom. The van der Waals surface area contributed by atoms with Crippen molar-refractivity contribution in [3.8, 4) is 12.1 Å². The van der Waals surface area contributed by atoms with E-state index in [1.807, 2.05) is 63.8 Å². The van der Waals surface area contributed by atoms with E-state index in [-0.39, 0.29) is 93.2 Å². The molecule has 5 unspecified atom stereocenters. The lowest BCUT2D eigenvalue weighted by Gasteiger charge is -2.34. The van der Waals surface area contributed by atoms with Gasteiger partial charge in [0.25, 0.3) is 0 Å². The smallest absolute Gasteiger partial charge is 0.317 e. The van der Waals surface area contributed by atoms with Crippen molar-refractivity contribution in [1.29, 1.82) is 10.5 Å². The molecule has 10 aromatic rings. The third-order valence-corrected chi connectivity index (χ3v) is 27.9. The summed E-state index contributed by atoms with van der Waals surface area (Å²) >= 11 is 6.18. The Bertz CT molecular complexity index is 5660. The van der Waals surface area contributed by atoms with E-state index in [1.54, 1.807) is 56.0 Å². The predicted octanol–water partition coefficient (Wildman–Crippen LogP) is 19.8. The molecule has 126 heavy (non-hydrogen) atoms. The van der Waals surface area contributed by atoms with Crippen LogP contribution >= 0.6 is 31.9 Å². The molecule has 5 fully saturated rings. The summed E-state index contributed by atoms with van der Waals surface area (Å²) in [4.78, 5) is 76.5. The predicted molar refractivity (Wildman–Crippen MR) is 474 cm³/mol. The van der Waals surface area contributed by atoms with Crippen molar-refractivity contribution >= 4 is 90.5 Å². The number of benzene rings is 4. The first kappa shape index (κ1) is 87.6. The molecule has 5 saturated carbocycles. The molecule has 5 aliphatic heterocycles. The van der Waals surface area contributed by atoms with Crippen molar-refractivity contribution in [2.75, 3.05) is 26.6 Å². The standard InChI is InChI=1S/2C19H20FN5O.C19H24N4O.C18H20BrFN4O.C17H19BrFN5O/c1-11-8-16-14(18(24-23-16)12-4-2-5-12)10-25(11)19(26)22-15-7-3-6-13(9-21)17(15)20;1-11-7-17-15(18(24-23-17)12-3-2-4-12)10-25(11)19(26)22-14-5-6-16(20)13(8-14)9-21;1-12-5-3-8-15(9-12)20-19(24)23-11-16-17(10-13(23)2)21-22-18(16)14-6-4-7-14;1-10-8-15-12(17(23-22-15)11-4-2-5-11)9-24(10)18(25)21-14-7-3-6-13(19)16(14)20;1-9-7-13-11(15(23-22-13)10-3-2-4-10)8-24(9)17(25)21-12-5-6-20-16(18)14(12)19/h3,6-7,11-12H,2,4-5,8,10H2,1H3,(H,22,26)(H,23,24);5-6,8,11-12H,2-4,7,10H2,1H3,(H,22,26)(H,23,24);3,5,8-9,13-14H,4,6-7,10-11H2,1-2H3,(H,20,24)(H,21,22);3,6-7,10-11H,2,4-5,8-9H2,1H3,(H,21,25)(H,22,23);5-6,9-10H,2-4,7-8H2,1H3,(H,22,23)(H,20,21,25). The highest BCUT2D eigenvalue weighted by Gasteiger charge is 2.41. The Hall–Kier alpha value is -11.9. The number of urea groups is 5. The number of aromatic nitrogens is 11. The molecule has 0 radical (unpaired) electrons. The summed E-state index contributed by atoms with van der Waals surface area (Å²) in [5.74, 6) is 0.269. The number of H-pyrrole nitrogens is 5. The van der Waals surface area contributed by atoms with E-state index < -0.39 is 23.3 Å². The monoisotopic (exact) mass is 1840 g/mol. The zero-order chi connectivity index (χ0) is 88.3. The Morgan fingerprint density at radius 3 is 1.04 bits per heavy atom. The van der Waals surface area contributed by atoms with Crippen molar-refractivity contribution in [3.05, 3.63) is 225 Å². The third kappa shape index (κ3) is 18.7. The van der Waals surface area contributed by atoms with E-state index in [9.17, 15) is 41.5 Å². The molecule has 11 heterocycles. The number of hydrogen-bond donors (Lipinski definition) is 10. The van der Waals surface area contributed by atoms with E-state index >= 15 is 0 Å². The molecule has 0 bridgehead atoms. The van der Waals surface area contributed by atoms with Gasteiger partial charge in [0.1, 0.15) is 22.6 Å². The second-order valence-corrected chi connectivity index (χ2v) is 36.6. The molecule has 5 atom stereocenters. The van der Waals surface area contributed by atoms with Gasteiger partial charge >= 0.3 is 30.2 Å². The highest BCUT2D eigenvalue weighted by atomic mass is 79.9. The van der Waals surface area contributed by atoms with Crippen LogP contribution in [-0.4, -0.2) is 141 Å². The van der Waals surface area contributed by atoms with Gasteiger partial charge in [-0.05, 0) is 204 Å². The maximum absolute atomic E-state index is 14.2. The average molecular weight is 1850 g/mol. The van der Waals surface area contributed by atoms with Crippen LogP contribution in [0.3, 0.4) is 0 Å². The van der Waals surface area contributed by atoms with Gasteiger partial charge in [-0.25, -0.2) is 46.5 Å². The number of fused-ring (bicyclic) bond motifs is 5. The number of rotatable bonds is 10. The van der Waals surface area contributed by atoms with Crippen LogP contribution in [-0.2, 0) is 64.8 Å². The van der Waals surface area contributed by atoms with E-state index in [4.69, 9.17) is 10.5 Å². The number of nitrogens with zero attached hydrogens (tertiary/aromatic N) is 13. The van der Waals surface area contributed by atoms with Crippen LogP contribution in [0.2, 0.25) is 0 Å². The van der Waals surface area contributed by atoms with E-state index in [2.05, 4.69) is 121 Å². The van der Waals surface area contributed by atoms with E-state index in [1.165, 1.54) is 117 Å². The highest BCUT2D eigenvalue weighted by Crippen LogP contribution is 2.46. The number of hydrogen-bond acceptors (Lipinski definition) is 13. The van der Waals surface area contributed by atoms with Crippen LogP contribution in [0.15, 0.2) is 100 Å². The first-order chi connectivity index (χ1) is 60.8. The summed E-state index contributed by atoms with van der Waals surface area (Å²) in [6, 6.07) is 25.2. The first-order valence-corrected chi connectivity index (χ1v) is 45.3. The van der Waals surface area contributed by atoms with Crippen molar-refractivity contribution in [3.63, 3.8) is 0 Å². The zero-order valence-corrected chi connectivity index (χ0v) is 74.4. The maximum atomic E-state index is 14.2. The van der Waals surface area contributed by atoms with Gasteiger partial charge in [-0.15, -0.1) is 0 Å². The van der Waals surface area contributed by atoms with Gasteiger partial charge in [0, 0.05) is 166 Å². The number of nitrogens with one attached hydrogen (secondary N) is 10. The topological polar surface area (TPSA) is 366 Å². The first-order valence-electron chi connectivity index (χ1n) is 43.7. The number of anilines is 5. The van der Waals surface area contributed by atoms with Crippen LogP contribution in [0, 0.1) is 52.9 Å². The fourth-order valence-corrected chi connectivity index (χ4v) is 18.8. The molecule has 5 aliphatic carbocycles. The molecule has 20 rings (SSSR count). The quantitative estimate of drug-likeness (QED) is 0.0450. The largest absolute Gasteiger partial charge is 0.322 e. The molecule has 10 aliphatic rings. The molecule has 6 aromatic heterocycles. The van der Waals surface area contributed by atoms with Crippen LogP contribution in [0.4, 0.5) is 70.0 Å². The Morgan fingerprint density at radius 2 is 0.706 bits per heavy atom. The van der Waals surface area contributed by atoms with Crippen LogP contribution in [0.5, 0.6) is 0 Å². The van der Waals surface area contributed by atoms with Gasteiger partial charge in [-0.1, -0.05) is 56.4 Å². The average Bonchev–Trinajstić information content (AvgIpc) is 1.64. The fraction of sp³-hybridized carbons (Fsp3) is 0.446. The molecule has 658 valence electrons. The summed E-state index contributed by atoms with van der Waals surface area (Å²) in [6.07, 6.45) is 23.1. The summed E-state index contributed by atoms with van der Waals surface area (Å²) in [7, 11) is 0. The van der Waals surface area contributed by atoms with Crippen LogP contribution in [0.25, 0.3) is 0 Å². The van der Waals surface area contributed by atoms with Crippen molar-refractivity contribution < 1.29 is 41.5 Å².